The van der Waals surface area contributed by atoms with Gasteiger partial charge < -0.3 is 15.3 Å². The topological polar surface area (TPSA) is 52.6 Å². The van der Waals surface area contributed by atoms with Crippen molar-refractivity contribution in [1.82, 2.24) is 10.2 Å². The number of aromatic hydroxyl groups is 1. The van der Waals surface area contributed by atoms with E-state index in [0.717, 1.165) is 32.2 Å². The van der Waals surface area contributed by atoms with Crippen LogP contribution >= 0.6 is 0 Å². The van der Waals surface area contributed by atoms with Gasteiger partial charge in [0, 0.05) is 19.1 Å². The van der Waals surface area contributed by atoms with Crippen LogP contribution in [0.5, 0.6) is 5.75 Å². The number of hydrogen-bond acceptors (Lipinski definition) is 3. The summed E-state index contributed by atoms with van der Waals surface area (Å²) < 4.78 is 13.8. The molecule has 1 aliphatic carbocycles. The maximum Gasteiger partial charge on any atom is 0.260 e. The maximum atomic E-state index is 13.8. The van der Waals surface area contributed by atoms with Gasteiger partial charge in [-0.1, -0.05) is 13.0 Å². The second-order valence-electron chi connectivity index (χ2n) is 5.61. The largest absolute Gasteiger partial charge is 0.507 e. The lowest BCUT2D eigenvalue weighted by atomic mass is 9.90. The number of nitrogens with one attached hydrogen (secondary N) is 1. The molecule has 5 heteroatoms. The fraction of sp³-hybridized carbons (Fsp3) is 0.562. The molecule has 1 aliphatic rings. The van der Waals surface area contributed by atoms with Crippen molar-refractivity contribution in [3.05, 3.63) is 29.6 Å². The van der Waals surface area contributed by atoms with Gasteiger partial charge >= 0.3 is 0 Å². The predicted molar refractivity (Wildman–Crippen MR) is 79.9 cm³/mol. The number of phenolic OH excluding ortho intramolecular Hbond substituents is 1. The molecular weight excluding hydrogens is 271 g/mol. The van der Waals surface area contributed by atoms with E-state index in [0.29, 0.717) is 6.04 Å². The minimum Gasteiger partial charge on any atom is -0.507 e. The smallest absolute Gasteiger partial charge is 0.260 e. The first-order valence-corrected chi connectivity index (χ1v) is 7.52. The van der Waals surface area contributed by atoms with Crippen molar-refractivity contribution in [3.8, 4) is 5.75 Å². The average molecular weight is 294 g/mol. The second kappa shape index (κ2) is 6.89. The monoisotopic (exact) mass is 294 g/mol. The van der Waals surface area contributed by atoms with E-state index >= 15 is 0 Å². The Labute approximate surface area is 125 Å². The number of hydrogen-bond donors (Lipinski definition) is 2. The summed E-state index contributed by atoms with van der Waals surface area (Å²) in [5.41, 5.74) is -0.228. The molecule has 0 aliphatic heterocycles. The molecule has 1 fully saturated rings. The molecule has 0 atom stereocenters. The molecule has 0 aromatic heterocycles. The molecule has 0 spiro atoms. The van der Waals surface area contributed by atoms with Crippen molar-refractivity contribution in [2.24, 2.45) is 0 Å². The van der Waals surface area contributed by atoms with Crippen LogP contribution in [-0.4, -0.2) is 41.6 Å². The highest BCUT2D eigenvalue weighted by Gasteiger charge is 2.29. The minimum atomic E-state index is -0.673. The number of halogens is 1. The molecule has 1 amide bonds. The number of amides is 1. The fourth-order valence-corrected chi connectivity index (χ4v) is 3.02. The lowest BCUT2D eigenvalue weighted by molar-refractivity contribution is 0.0676. The van der Waals surface area contributed by atoms with Crippen molar-refractivity contribution in [1.29, 1.82) is 0 Å². The molecule has 0 unspecified atom stereocenters. The summed E-state index contributed by atoms with van der Waals surface area (Å²) in [5.74, 6) is -1.42. The van der Waals surface area contributed by atoms with Crippen LogP contribution in [0.15, 0.2) is 18.2 Å². The Hall–Kier alpha value is -1.62. The maximum absolute atomic E-state index is 13.8. The molecule has 0 bridgehead atoms. The first-order chi connectivity index (χ1) is 10.0. The van der Waals surface area contributed by atoms with Gasteiger partial charge in [0.2, 0.25) is 0 Å². The Morgan fingerprint density at radius 3 is 2.62 bits per heavy atom. The number of nitrogens with zero attached hydrogens (tertiary/aromatic N) is 1. The Balaban J connectivity index is 2.04. The molecule has 0 heterocycles. The summed E-state index contributed by atoms with van der Waals surface area (Å²) in [7, 11) is 1.69. The molecule has 2 N–H and O–H groups in total. The third kappa shape index (κ3) is 3.53. The van der Waals surface area contributed by atoms with Crippen LogP contribution < -0.4 is 5.32 Å². The van der Waals surface area contributed by atoms with E-state index in [-0.39, 0.29) is 17.4 Å². The van der Waals surface area contributed by atoms with Crippen LogP contribution in [0.3, 0.4) is 0 Å². The van der Waals surface area contributed by atoms with Gasteiger partial charge in [-0.05, 0) is 44.4 Å². The highest BCUT2D eigenvalue weighted by atomic mass is 19.1. The summed E-state index contributed by atoms with van der Waals surface area (Å²) in [5, 5.41) is 13.1. The molecule has 21 heavy (non-hydrogen) atoms. The molecule has 1 aromatic carbocycles. The zero-order valence-electron chi connectivity index (χ0n) is 12.6. The summed E-state index contributed by atoms with van der Waals surface area (Å²) in [6.45, 7) is 3.04. The van der Waals surface area contributed by atoms with E-state index < -0.39 is 11.7 Å². The van der Waals surface area contributed by atoms with Crippen molar-refractivity contribution in [2.45, 2.75) is 44.7 Å². The first kappa shape index (κ1) is 15.8. The third-order valence-electron chi connectivity index (χ3n) is 4.26. The predicted octanol–water partition coefficient (Wildman–Crippen LogP) is 2.52. The molecule has 0 radical (unpaired) electrons. The Morgan fingerprint density at radius 2 is 2.05 bits per heavy atom. The van der Waals surface area contributed by atoms with Crippen molar-refractivity contribution >= 4 is 5.91 Å². The van der Waals surface area contributed by atoms with E-state index in [1.54, 1.807) is 11.9 Å². The van der Waals surface area contributed by atoms with E-state index in [1.165, 1.54) is 18.2 Å². The zero-order chi connectivity index (χ0) is 15.4. The standard InChI is InChI=1S/C16H23FN2O2/c1-3-18-11-7-9-12(10-8-11)19(2)16(21)15-13(17)5-4-6-14(15)20/h4-6,11-12,18,20H,3,7-10H2,1-2H3. The number of benzene rings is 1. The Morgan fingerprint density at radius 1 is 1.38 bits per heavy atom. The quantitative estimate of drug-likeness (QED) is 0.897. The van der Waals surface area contributed by atoms with Crippen LogP contribution in [0.25, 0.3) is 0 Å². The van der Waals surface area contributed by atoms with E-state index in [9.17, 15) is 14.3 Å². The average Bonchev–Trinajstić information content (AvgIpc) is 2.47. The van der Waals surface area contributed by atoms with Gasteiger partial charge in [-0.3, -0.25) is 4.79 Å². The first-order valence-electron chi connectivity index (χ1n) is 7.52. The van der Waals surface area contributed by atoms with Crippen LogP contribution in [0.2, 0.25) is 0 Å². The van der Waals surface area contributed by atoms with Crippen LogP contribution in [-0.2, 0) is 0 Å². The molecule has 1 saturated carbocycles. The number of carbonyl (C=O) groups is 1. The van der Waals surface area contributed by atoms with E-state index in [1.807, 2.05) is 0 Å². The highest BCUT2D eigenvalue weighted by Crippen LogP contribution is 2.27. The van der Waals surface area contributed by atoms with Crippen LogP contribution in [0.4, 0.5) is 4.39 Å². The van der Waals surface area contributed by atoms with E-state index in [4.69, 9.17) is 0 Å². The summed E-state index contributed by atoms with van der Waals surface area (Å²) >= 11 is 0. The normalized spacial score (nSPS) is 22.0. The molecular formula is C16H23FN2O2. The van der Waals surface area contributed by atoms with E-state index in [2.05, 4.69) is 12.2 Å². The minimum absolute atomic E-state index is 0.103. The molecule has 2 rings (SSSR count). The number of rotatable bonds is 4. The third-order valence-corrected chi connectivity index (χ3v) is 4.26. The van der Waals surface area contributed by atoms with Crippen LogP contribution in [0, 0.1) is 5.82 Å². The van der Waals surface area contributed by atoms with Crippen molar-refractivity contribution in [2.75, 3.05) is 13.6 Å². The number of phenols is 1. The Kier molecular flexibility index (Phi) is 5.17. The summed E-state index contributed by atoms with van der Waals surface area (Å²) in [6, 6.07) is 4.54. The fourth-order valence-electron chi connectivity index (χ4n) is 3.02. The van der Waals surface area contributed by atoms with Gasteiger partial charge in [-0.15, -0.1) is 0 Å². The van der Waals surface area contributed by atoms with Crippen LogP contribution in [0.1, 0.15) is 43.0 Å². The number of carbonyl (C=O) groups excluding carboxylic acids is 1. The lowest BCUT2D eigenvalue weighted by Crippen LogP contribution is -2.43. The van der Waals surface area contributed by atoms with Gasteiger partial charge in [0.1, 0.15) is 17.1 Å². The molecule has 116 valence electrons. The Bertz CT molecular complexity index is 479. The van der Waals surface area contributed by atoms with Gasteiger partial charge in [0.15, 0.2) is 0 Å². The zero-order valence-corrected chi connectivity index (χ0v) is 12.6. The van der Waals surface area contributed by atoms with Crippen molar-refractivity contribution < 1.29 is 14.3 Å². The second-order valence-corrected chi connectivity index (χ2v) is 5.61. The highest BCUT2D eigenvalue weighted by molar-refractivity contribution is 5.97. The van der Waals surface area contributed by atoms with Gasteiger partial charge in [-0.2, -0.15) is 0 Å². The van der Waals surface area contributed by atoms with Crippen molar-refractivity contribution in [3.63, 3.8) is 0 Å². The lowest BCUT2D eigenvalue weighted by Gasteiger charge is -2.35. The molecule has 4 nitrogen and oxygen atoms in total. The SMILES string of the molecule is CCNC1CCC(N(C)C(=O)c2c(O)cccc2F)CC1. The summed E-state index contributed by atoms with van der Waals surface area (Å²) in [4.78, 5) is 14.0. The molecule has 1 aromatic rings. The van der Waals surface area contributed by atoms with Gasteiger partial charge in [0.25, 0.3) is 5.91 Å². The van der Waals surface area contributed by atoms with Gasteiger partial charge in [-0.25, -0.2) is 4.39 Å². The summed E-state index contributed by atoms with van der Waals surface area (Å²) in [6.07, 6.45) is 3.82. The molecule has 0 saturated heterocycles. The van der Waals surface area contributed by atoms with Gasteiger partial charge in [0.05, 0.1) is 0 Å².